The molecule has 0 aromatic rings. The second-order valence-electron chi connectivity index (χ2n) is 13.2. The summed E-state index contributed by atoms with van der Waals surface area (Å²) in [5.74, 6) is -0.818. The average Bonchev–Trinajstić information content (AvgIpc) is 3.05. The van der Waals surface area contributed by atoms with Crippen LogP contribution in [0.4, 0.5) is 0 Å². The van der Waals surface area contributed by atoms with Crippen LogP contribution in [0.25, 0.3) is 0 Å². The molecule has 0 aliphatic carbocycles. The number of esters is 2. The molecular formula is C37H74NO8P. The van der Waals surface area contributed by atoms with Gasteiger partial charge in [0.25, 0.3) is 0 Å². The van der Waals surface area contributed by atoms with Gasteiger partial charge in [-0.25, -0.2) is 4.57 Å². The van der Waals surface area contributed by atoms with Crippen LogP contribution in [0.1, 0.15) is 194 Å². The second kappa shape index (κ2) is 34.9. The number of phosphoric ester groups is 1. The lowest BCUT2D eigenvalue weighted by Crippen LogP contribution is -2.29. The predicted octanol–water partition coefficient (Wildman–Crippen LogP) is 10.5. The highest BCUT2D eigenvalue weighted by molar-refractivity contribution is 7.47. The standard InChI is InChI=1S/C37H74NO8P/c1-3-5-7-9-11-13-15-16-17-18-20-22-24-26-28-30-37(40)46-35(34-45-47(41,42)44-32-31-38)33-43-36(39)29-27-25-23-21-19-14-12-10-8-6-4-2/h35H,3-34,38H2,1-2H3,(H,41,42)/t35-/m0/s1. The molecule has 0 aromatic carbocycles. The number of rotatable bonds is 37. The van der Waals surface area contributed by atoms with Crippen molar-refractivity contribution in [1.82, 2.24) is 0 Å². The minimum atomic E-state index is -4.36. The largest absolute Gasteiger partial charge is 0.472 e. The maximum absolute atomic E-state index is 12.5. The van der Waals surface area contributed by atoms with Gasteiger partial charge in [-0.1, -0.05) is 168 Å². The fourth-order valence-electron chi connectivity index (χ4n) is 5.58. The highest BCUT2D eigenvalue weighted by atomic mass is 31.2. The quantitative estimate of drug-likeness (QED) is 0.0371. The number of phosphoric acid groups is 1. The van der Waals surface area contributed by atoms with Gasteiger partial charge in [-0.05, 0) is 12.8 Å². The zero-order valence-electron chi connectivity index (χ0n) is 30.5. The van der Waals surface area contributed by atoms with E-state index < -0.39 is 26.5 Å². The molecule has 1 unspecified atom stereocenters. The van der Waals surface area contributed by atoms with Crippen molar-refractivity contribution in [3.63, 3.8) is 0 Å². The van der Waals surface area contributed by atoms with Gasteiger partial charge in [-0.3, -0.25) is 18.6 Å². The number of ether oxygens (including phenoxy) is 2. The fraction of sp³-hybridized carbons (Fsp3) is 0.946. The van der Waals surface area contributed by atoms with Crippen molar-refractivity contribution in [3.8, 4) is 0 Å². The summed E-state index contributed by atoms with van der Waals surface area (Å²) in [5.41, 5.74) is 5.33. The van der Waals surface area contributed by atoms with Crippen molar-refractivity contribution in [2.24, 2.45) is 5.73 Å². The van der Waals surface area contributed by atoms with Gasteiger partial charge < -0.3 is 20.1 Å². The van der Waals surface area contributed by atoms with Crippen molar-refractivity contribution in [2.75, 3.05) is 26.4 Å². The first-order valence-electron chi connectivity index (χ1n) is 19.5. The van der Waals surface area contributed by atoms with E-state index in [0.29, 0.717) is 6.42 Å². The monoisotopic (exact) mass is 692 g/mol. The molecule has 0 spiro atoms. The van der Waals surface area contributed by atoms with Crippen molar-refractivity contribution in [1.29, 1.82) is 0 Å². The molecule has 0 saturated heterocycles. The lowest BCUT2D eigenvalue weighted by atomic mass is 10.0. The summed E-state index contributed by atoms with van der Waals surface area (Å²) in [6, 6.07) is 0. The molecule has 0 saturated carbocycles. The van der Waals surface area contributed by atoms with E-state index in [-0.39, 0.29) is 38.6 Å². The molecule has 0 radical (unpaired) electrons. The molecule has 0 aromatic heterocycles. The van der Waals surface area contributed by atoms with Gasteiger partial charge in [0.2, 0.25) is 0 Å². The molecule has 3 N–H and O–H groups in total. The first-order valence-corrected chi connectivity index (χ1v) is 21.0. The van der Waals surface area contributed by atoms with E-state index in [1.165, 1.54) is 128 Å². The summed E-state index contributed by atoms with van der Waals surface area (Å²) in [7, 11) is -4.36. The molecule has 0 aliphatic rings. The van der Waals surface area contributed by atoms with Gasteiger partial charge in [-0.15, -0.1) is 0 Å². The molecule has 0 fully saturated rings. The van der Waals surface area contributed by atoms with Crippen molar-refractivity contribution in [3.05, 3.63) is 0 Å². The number of nitrogens with two attached hydrogens (primary N) is 1. The maximum Gasteiger partial charge on any atom is 0.472 e. The van der Waals surface area contributed by atoms with E-state index in [9.17, 15) is 19.0 Å². The number of carbonyl (C=O) groups excluding carboxylic acids is 2. The smallest absolute Gasteiger partial charge is 0.462 e. The first-order chi connectivity index (χ1) is 22.8. The Kier molecular flexibility index (Phi) is 34.1. The Morgan fingerprint density at radius 1 is 0.553 bits per heavy atom. The first kappa shape index (κ1) is 46.0. The van der Waals surface area contributed by atoms with Gasteiger partial charge in [0.1, 0.15) is 6.61 Å². The summed E-state index contributed by atoms with van der Waals surface area (Å²) < 4.78 is 32.6. The van der Waals surface area contributed by atoms with Crippen LogP contribution >= 0.6 is 7.82 Å². The SMILES string of the molecule is CCCCCCCCCCCCCCCCCC(=O)O[C@@H](COC(=O)CCCCCCCCCCCCC)COP(=O)(O)OCCN. The number of unbranched alkanes of at least 4 members (excludes halogenated alkanes) is 24. The number of carbonyl (C=O) groups is 2. The Labute approximate surface area is 288 Å². The van der Waals surface area contributed by atoms with Crippen molar-refractivity contribution in [2.45, 2.75) is 200 Å². The van der Waals surface area contributed by atoms with Crippen LogP contribution in [0, 0.1) is 0 Å². The molecular weight excluding hydrogens is 617 g/mol. The van der Waals surface area contributed by atoms with Gasteiger partial charge >= 0.3 is 19.8 Å². The lowest BCUT2D eigenvalue weighted by Gasteiger charge is -2.19. The predicted molar refractivity (Wildman–Crippen MR) is 192 cm³/mol. The highest BCUT2D eigenvalue weighted by Gasteiger charge is 2.26. The van der Waals surface area contributed by atoms with E-state index in [1.54, 1.807) is 0 Å². The third-order valence-electron chi connectivity index (χ3n) is 8.49. The molecule has 280 valence electrons. The fourth-order valence-corrected chi connectivity index (χ4v) is 6.34. The van der Waals surface area contributed by atoms with Crippen LogP contribution in [-0.2, 0) is 32.7 Å². The van der Waals surface area contributed by atoms with E-state index >= 15 is 0 Å². The van der Waals surface area contributed by atoms with E-state index in [0.717, 1.165) is 32.1 Å². The van der Waals surface area contributed by atoms with Crippen LogP contribution in [0.15, 0.2) is 0 Å². The van der Waals surface area contributed by atoms with Crippen LogP contribution in [0.2, 0.25) is 0 Å². The Bertz CT molecular complexity index is 754. The van der Waals surface area contributed by atoms with E-state index in [2.05, 4.69) is 13.8 Å². The maximum atomic E-state index is 12.5. The van der Waals surface area contributed by atoms with Crippen molar-refractivity contribution >= 4 is 19.8 Å². The molecule has 2 atom stereocenters. The summed E-state index contributed by atoms with van der Waals surface area (Å²) in [6.45, 7) is 3.74. The summed E-state index contributed by atoms with van der Waals surface area (Å²) >= 11 is 0. The molecule has 0 rings (SSSR count). The minimum Gasteiger partial charge on any atom is -0.462 e. The van der Waals surface area contributed by atoms with Gasteiger partial charge in [0.05, 0.1) is 13.2 Å². The topological polar surface area (TPSA) is 134 Å². The molecule has 0 bridgehead atoms. The Morgan fingerprint density at radius 2 is 0.915 bits per heavy atom. The number of hydrogen-bond acceptors (Lipinski definition) is 8. The van der Waals surface area contributed by atoms with Crippen LogP contribution in [0.3, 0.4) is 0 Å². The average molecular weight is 692 g/mol. The zero-order chi connectivity index (χ0) is 34.7. The third-order valence-corrected chi connectivity index (χ3v) is 9.48. The lowest BCUT2D eigenvalue weighted by molar-refractivity contribution is -0.161. The van der Waals surface area contributed by atoms with Crippen LogP contribution in [0.5, 0.6) is 0 Å². The second-order valence-corrected chi connectivity index (χ2v) is 14.6. The molecule has 0 heterocycles. The normalized spacial score (nSPS) is 13.4. The molecule has 9 nitrogen and oxygen atoms in total. The summed E-state index contributed by atoms with van der Waals surface area (Å²) in [5, 5.41) is 0. The van der Waals surface area contributed by atoms with Gasteiger partial charge in [0, 0.05) is 19.4 Å². The van der Waals surface area contributed by atoms with Crippen LogP contribution in [-0.4, -0.2) is 49.3 Å². The van der Waals surface area contributed by atoms with Gasteiger partial charge in [0.15, 0.2) is 6.10 Å². The summed E-state index contributed by atoms with van der Waals surface area (Å²) in [4.78, 5) is 34.7. The van der Waals surface area contributed by atoms with E-state index in [4.69, 9.17) is 24.3 Å². The Morgan fingerprint density at radius 3 is 1.30 bits per heavy atom. The van der Waals surface area contributed by atoms with Crippen LogP contribution < -0.4 is 5.73 Å². The Hall–Kier alpha value is -0.990. The van der Waals surface area contributed by atoms with Gasteiger partial charge in [-0.2, -0.15) is 0 Å². The number of hydrogen-bond donors (Lipinski definition) is 2. The zero-order valence-corrected chi connectivity index (χ0v) is 31.4. The Balaban J connectivity index is 4.17. The molecule has 10 heteroatoms. The van der Waals surface area contributed by atoms with Crippen molar-refractivity contribution < 1.29 is 37.6 Å². The molecule has 47 heavy (non-hydrogen) atoms. The minimum absolute atomic E-state index is 0.0578. The third kappa shape index (κ3) is 34.7. The summed E-state index contributed by atoms with van der Waals surface area (Å²) in [6.07, 6.45) is 31.3. The molecule has 0 aliphatic heterocycles. The molecule has 0 amide bonds. The highest BCUT2D eigenvalue weighted by Crippen LogP contribution is 2.43. The van der Waals surface area contributed by atoms with E-state index in [1.807, 2.05) is 0 Å².